The second-order valence-electron chi connectivity index (χ2n) is 5.50. The summed E-state index contributed by atoms with van der Waals surface area (Å²) in [6, 6.07) is 13.3. The first-order chi connectivity index (χ1) is 8.50. The molecule has 2 aromatic rings. The monoisotopic (exact) mass is 238 g/mol. The van der Waals surface area contributed by atoms with Crippen molar-refractivity contribution >= 4 is 0 Å². The molecule has 0 heterocycles. The van der Waals surface area contributed by atoms with E-state index in [0.29, 0.717) is 5.92 Å². The Hall–Kier alpha value is -1.56. The summed E-state index contributed by atoms with van der Waals surface area (Å²) < 4.78 is 0. The third-order valence-electron chi connectivity index (χ3n) is 3.68. The van der Waals surface area contributed by atoms with Crippen LogP contribution in [0.25, 0.3) is 11.1 Å². The molecule has 94 valence electrons. The van der Waals surface area contributed by atoms with E-state index in [-0.39, 0.29) is 0 Å². The molecule has 0 atom stereocenters. The van der Waals surface area contributed by atoms with Crippen LogP contribution in [0.5, 0.6) is 0 Å². The zero-order valence-electron chi connectivity index (χ0n) is 12.0. The second kappa shape index (κ2) is 4.97. The van der Waals surface area contributed by atoms with Crippen molar-refractivity contribution in [3.8, 4) is 11.1 Å². The first-order valence-corrected chi connectivity index (χ1v) is 6.68. The predicted molar refractivity (Wildman–Crippen MR) is 80.2 cm³/mol. The molecule has 0 saturated heterocycles. The van der Waals surface area contributed by atoms with Crippen LogP contribution < -0.4 is 0 Å². The van der Waals surface area contributed by atoms with E-state index in [1.807, 2.05) is 0 Å². The van der Waals surface area contributed by atoms with E-state index in [1.54, 1.807) is 0 Å². The molecule has 0 fully saturated rings. The summed E-state index contributed by atoms with van der Waals surface area (Å²) in [7, 11) is 0. The van der Waals surface area contributed by atoms with E-state index in [4.69, 9.17) is 0 Å². The normalized spacial score (nSPS) is 11.0. The lowest BCUT2D eigenvalue weighted by Crippen LogP contribution is -1.95. The van der Waals surface area contributed by atoms with Crippen LogP contribution in [0.15, 0.2) is 36.4 Å². The maximum Gasteiger partial charge on any atom is -0.0146 e. The molecule has 0 aliphatic rings. The maximum absolute atomic E-state index is 2.31. The lowest BCUT2D eigenvalue weighted by atomic mass is 9.88. The van der Waals surface area contributed by atoms with Gasteiger partial charge in [0, 0.05) is 0 Å². The Morgan fingerprint density at radius 2 is 1.50 bits per heavy atom. The lowest BCUT2D eigenvalue weighted by Gasteiger charge is -2.16. The Morgan fingerprint density at radius 3 is 2.17 bits per heavy atom. The summed E-state index contributed by atoms with van der Waals surface area (Å²) in [6.07, 6.45) is 0. The van der Waals surface area contributed by atoms with Gasteiger partial charge in [-0.1, -0.05) is 55.8 Å². The zero-order valence-corrected chi connectivity index (χ0v) is 12.0. The Morgan fingerprint density at radius 1 is 0.833 bits per heavy atom. The van der Waals surface area contributed by atoms with Crippen LogP contribution in [0.3, 0.4) is 0 Å². The Bertz CT molecular complexity index is 562. The Balaban J connectivity index is 2.69. The van der Waals surface area contributed by atoms with Crippen LogP contribution in [0.2, 0.25) is 0 Å². The molecule has 0 unspecified atom stereocenters. The molecule has 0 nitrogen and oxygen atoms in total. The van der Waals surface area contributed by atoms with Crippen LogP contribution in [0.4, 0.5) is 0 Å². The van der Waals surface area contributed by atoms with Crippen molar-refractivity contribution < 1.29 is 0 Å². The average Bonchev–Trinajstić information content (AvgIpc) is 2.33. The topological polar surface area (TPSA) is 0 Å². The van der Waals surface area contributed by atoms with Gasteiger partial charge in [0.25, 0.3) is 0 Å². The van der Waals surface area contributed by atoms with Gasteiger partial charge in [0.1, 0.15) is 0 Å². The van der Waals surface area contributed by atoms with Crippen LogP contribution in [-0.4, -0.2) is 0 Å². The molecule has 2 rings (SSSR count). The number of hydrogen-bond donors (Lipinski definition) is 0. The van der Waals surface area contributed by atoms with Gasteiger partial charge < -0.3 is 0 Å². The van der Waals surface area contributed by atoms with Crippen molar-refractivity contribution in [3.05, 3.63) is 58.7 Å². The van der Waals surface area contributed by atoms with E-state index in [9.17, 15) is 0 Å². The van der Waals surface area contributed by atoms with Crippen molar-refractivity contribution in [1.82, 2.24) is 0 Å². The van der Waals surface area contributed by atoms with Gasteiger partial charge in [0.2, 0.25) is 0 Å². The highest BCUT2D eigenvalue weighted by Gasteiger charge is 2.11. The van der Waals surface area contributed by atoms with Gasteiger partial charge in [-0.3, -0.25) is 0 Å². The zero-order chi connectivity index (χ0) is 13.3. The van der Waals surface area contributed by atoms with E-state index in [0.717, 1.165) is 0 Å². The van der Waals surface area contributed by atoms with Gasteiger partial charge >= 0.3 is 0 Å². The van der Waals surface area contributed by atoms with Crippen molar-refractivity contribution in [2.24, 2.45) is 0 Å². The predicted octanol–water partition coefficient (Wildman–Crippen LogP) is 5.40. The molecule has 0 spiro atoms. The molecule has 0 saturated carbocycles. The standard InChI is InChI=1S/C18H22/c1-12(2)16-8-6-7-9-17(16)18-11-13(3)10-14(4)15(18)5/h6-12H,1-5H3. The number of rotatable bonds is 2. The summed E-state index contributed by atoms with van der Waals surface area (Å²) in [5, 5.41) is 0. The van der Waals surface area contributed by atoms with Crippen LogP contribution in [0.1, 0.15) is 42.0 Å². The Labute approximate surface area is 111 Å². The van der Waals surface area contributed by atoms with Gasteiger partial charge in [-0.15, -0.1) is 0 Å². The fraction of sp³-hybridized carbons (Fsp3) is 0.333. The van der Waals surface area contributed by atoms with E-state index < -0.39 is 0 Å². The smallest absolute Gasteiger partial charge is 0.0146 e. The number of hydrogen-bond acceptors (Lipinski definition) is 0. The average molecular weight is 238 g/mol. The molecule has 0 bridgehead atoms. The number of benzene rings is 2. The van der Waals surface area contributed by atoms with E-state index in [2.05, 4.69) is 71.0 Å². The third kappa shape index (κ3) is 2.33. The largest absolute Gasteiger partial charge is 0.0619 e. The summed E-state index contributed by atoms with van der Waals surface area (Å²) in [5.74, 6) is 0.557. The summed E-state index contributed by atoms with van der Waals surface area (Å²) >= 11 is 0. The van der Waals surface area contributed by atoms with Gasteiger partial charge in [-0.05, 0) is 54.5 Å². The molecule has 0 amide bonds. The van der Waals surface area contributed by atoms with Crippen molar-refractivity contribution in [2.45, 2.75) is 40.5 Å². The molecule has 0 heteroatoms. The minimum absolute atomic E-state index is 0.557. The fourth-order valence-corrected chi connectivity index (χ4v) is 2.57. The first kappa shape index (κ1) is 12.9. The molecule has 0 aliphatic heterocycles. The van der Waals surface area contributed by atoms with E-state index >= 15 is 0 Å². The molecule has 18 heavy (non-hydrogen) atoms. The van der Waals surface area contributed by atoms with Crippen LogP contribution >= 0.6 is 0 Å². The molecular formula is C18H22. The first-order valence-electron chi connectivity index (χ1n) is 6.68. The minimum atomic E-state index is 0.557. The van der Waals surface area contributed by atoms with Crippen molar-refractivity contribution in [2.75, 3.05) is 0 Å². The summed E-state index contributed by atoms with van der Waals surface area (Å²) in [4.78, 5) is 0. The lowest BCUT2D eigenvalue weighted by molar-refractivity contribution is 0.869. The van der Waals surface area contributed by atoms with Crippen LogP contribution in [0, 0.1) is 20.8 Å². The minimum Gasteiger partial charge on any atom is -0.0619 e. The third-order valence-corrected chi connectivity index (χ3v) is 3.68. The maximum atomic E-state index is 2.31. The highest BCUT2D eigenvalue weighted by molar-refractivity contribution is 5.72. The number of aryl methyl sites for hydroxylation is 2. The fourth-order valence-electron chi connectivity index (χ4n) is 2.57. The molecular weight excluding hydrogens is 216 g/mol. The van der Waals surface area contributed by atoms with Crippen molar-refractivity contribution in [1.29, 1.82) is 0 Å². The highest BCUT2D eigenvalue weighted by Crippen LogP contribution is 2.33. The SMILES string of the molecule is Cc1cc(C)c(C)c(-c2ccccc2C(C)C)c1. The molecule has 0 aliphatic carbocycles. The second-order valence-corrected chi connectivity index (χ2v) is 5.50. The molecule has 0 radical (unpaired) electrons. The van der Waals surface area contributed by atoms with Gasteiger partial charge in [0.15, 0.2) is 0 Å². The Kier molecular flexibility index (Phi) is 3.56. The summed E-state index contributed by atoms with van der Waals surface area (Å²) in [5.41, 5.74) is 8.32. The van der Waals surface area contributed by atoms with Gasteiger partial charge in [0.05, 0.1) is 0 Å². The highest BCUT2D eigenvalue weighted by atomic mass is 14.2. The van der Waals surface area contributed by atoms with Crippen molar-refractivity contribution in [3.63, 3.8) is 0 Å². The van der Waals surface area contributed by atoms with E-state index in [1.165, 1.54) is 33.4 Å². The quantitative estimate of drug-likeness (QED) is 0.657. The van der Waals surface area contributed by atoms with Crippen LogP contribution in [-0.2, 0) is 0 Å². The molecule has 2 aromatic carbocycles. The molecule has 0 N–H and O–H groups in total. The van der Waals surface area contributed by atoms with Gasteiger partial charge in [-0.25, -0.2) is 0 Å². The summed E-state index contributed by atoms with van der Waals surface area (Å²) in [6.45, 7) is 11.1. The van der Waals surface area contributed by atoms with Gasteiger partial charge in [-0.2, -0.15) is 0 Å². The molecule has 0 aromatic heterocycles.